The average Bonchev–Trinajstić information content (AvgIpc) is 2.66. The number of benzene rings is 2. The van der Waals surface area contributed by atoms with Gasteiger partial charge in [0.25, 0.3) is 0 Å². The molecule has 4 heteroatoms. The third kappa shape index (κ3) is 8.59. The Bertz CT molecular complexity index is 516. The van der Waals surface area contributed by atoms with Gasteiger partial charge in [0.1, 0.15) is 12.2 Å². The van der Waals surface area contributed by atoms with Crippen LogP contribution in [0.25, 0.3) is 0 Å². The predicted octanol–water partition coefficient (Wildman–Crippen LogP) is 4.29. The molecule has 2 atom stereocenters. The van der Waals surface area contributed by atoms with Crippen LogP contribution in [0.5, 0.6) is 0 Å². The first-order valence-corrected chi connectivity index (χ1v) is 9.10. The first-order chi connectivity index (χ1) is 12.5. The maximum absolute atomic E-state index is 9.10. The summed E-state index contributed by atoms with van der Waals surface area (Å²) in [5.74, 6) is 0. The van der Waals surface area contributed by atoms with Crippen molar-refractivity contribution in [2.24, 2.45) is 0 Å². The number of aliphatic hydroxyl groups is 2. The van der Waals surface area contributed by atoms with Crippen molar-refractivity contribution in [3.8, 4) is 0 Å². The minimum atomic E-state index is -0.193. The minimum Gasteiger partial charge on any atom is -0.393 e. The highest BCUT2D eigenvalue weighted by Crippen LogP contribution is 2.18. The van der Waals surface area contributed by atoms with Gasteiger partial charge < -0.3 is 19.7 Å². The molecule has 144 valence electrons. The second-order valence-corrected chi connectivity index (χ2v) is 6.53. The molecule has 0 amide bonds. The number of hydrogen-bond acceptors (Lipinski definition) is 4. The summed E-state index contributed by atoms with van der Waals surface area (Å²) >= 11 is 0. The van der Waals surface area contributed by atoms with Gasteiger partial charge in [0.2, 0.25) is 0 Å². The molecule has 0 aromatic heterocycles. The third-order valence-corrected chi connectivity index (χ3v) is 3.55. The highest BCUT2D eigenvalue weighted by molar-refractivity contribution is 5.18. The van der Waals surface area contributed by atoms with Crippen LogP contribution in [-0.4, -0.2) is 35.6 Å². The van der Waals surface area contributed by atoms with E-state index < -0.39 is 0 Å². The van der Waals surface area contributed by atoms with Crippen LogP contribution in [0.3, 0.4) is 0 Å². The van der Waals surface area contributed by atoms with Gasteiger partial charge in [0, 0.05) is 0 Å². The Morgan fingerprint density at radius 1 is 0.615 bits per heavy atom. The Labute approximate surface area is 157 Å². The predicted molar refractivity (Wildman–Crippen MR) is 105 cm³/mol. The fraction of sp³-hybridized carbons (Fsp3) is 0.455. The van der Waals surface area contributed by atoms with Crippen LogP contribution in [0.15, 0.2) is 60.7 Å². The molecule has 0 bridgehead atoms. The van der Waals surface area contributed by atoms with E-state index in [2.05, 4.69) is 0 Å². The van der Waals surface area contributed by atoms with Crippen molar-refractivity contribution in [1.29, 1.82) is 0 Å². The summed E-state index contributed by atoms with van der Waals surface area (Å²) in [7, 11) is 0. The Morgan fingerprint density at radius 3 is 1.15 bits per heavy atom. The van der Waals surface area contributed by atoms with Gasteiger partial charge in [-0.1, -0.05) is 60.7 Å². The van der Waals surface area contributed by atoms with Gasteiger partial charge >= 0.3 is 0 Å². The van der Waals surface area contributed by atoms with E-state index in [9.17, 15) is 0 Å². The van der Waals surface area contributed by atoms with Gasteiger partial charge in [-0.2, -0.15) is 0 Å². The van der Waals surface area contributed by atoms with E-state index in [4.69, 9.17) is 19.7 Å². The highest BCUT2D eigenvalue weighted by Gasteiger charge is 2.12. The summed E-state index contributed by atoms with van der Waals surface area (Å²) in [6.45, 7) is 7.92. The Balaban J connectivity index is 0.000000260. The van der Waals surface area contributed by atoms with Crippen LogP contribution in [0, 0.1) is 0 Å². The SMILES string of the molecule is CC(C)OC(CO)c1ccccc1.CC(C)O[C@H](CO)c1ccccc1. The first kappa shape index (κ1) is 22.3. The molecule has 0 spiro atoms. The van der Waals surface area contributed by atoms with Crippen molar-refractivity contribution in [3.05, 3.63) is 71.8 Å². The second kappa shape index (κ2) is 12.6. The molecule has 2 rings (SSSR count). The summed E-state index contributed by atoms with van der Waals surface area (Å²) in [6, 6.07) is 19.5. The van der Waals surface area contributed by atoms with Gasteiger partial charge in [0.15, 0.2) is 0 Å². The van der Waals surface area contributed by atoms with E-state index >= 15 is 0 Å². The van der Waals surface area contributed by atoms with Gasteiger partial charge in [-0.3, -0.25) is 0 Å². The molecule has 4 nitrogen and oxygen atoms in total. The summed E-state index contributed by atoms with van der Waals surface area (Å²) in [5.41, 5.74) is 2.05. The number of ether oxygens (including phenoxy) is 2. The summed E-state index contributed by atoms with van der Waals surface area (Å²) in [5, 5.41) is 18.2. The molecule has 0 fully saturated rings. The van der Waals surface area contributed by atoms with Crippen molar-refractivity contribution in [1.82, 2.24) is 0 Å². The van der Waals surface area contributed by atoms with Gasteiger partial charge in [-0.05, 0) is 38.8 Å². The molecule has 26 heavy (non-hydrogen) atoms. The third-order valence-electron chi connectivity index (χ3n) is 3.55. The molecule has 0 radical (unpaired) electrons. The lowest BCUT2D eigenvalue weighted by atomic mass is 10.1. The van der Waals surface area contributed by atoms with Gasteiger partial charge in [-0.25, -0.2) is 0 Å². The summed E-state index contributed by atoms with van der Waals surface area (Å²) in [6.07, 6.45) is -0.114. The van der Waals surface area contributed by atoms with Crippen molar-refractivity contribution in [3.63, 3.8) is 0 Å². The van der Waals surface area contributed by atoms with Gasteiger partial charge in [-0.15, -0.1) is 0 Å². The van der Waals surface area contributed by atoms with Crippen LogP contribution in [0.2, 0.25) is 0 Å². The number of rotatable bonds is 8. The topological polar surface area (TPSA) is 58.9 Å². The zero-order valence-electron chi connectivity index (χ0n) is 16.2. The maximum Gasteiger partial charge on any atom is 0.106 e. The standard InChI is InChI=1S/2C11H16O2/c2*1-9(2)13-11(8-12)10-6-4-3-5-7-10/h2*3-7,9,11-12H,8H2,1-2H3/t11-;/m1./s1. The van der Waals surface area contributed by atoms with E-state index in [1.807, 2.05) is 88.4 Å². The quantitative estimate of drug-likeness (QED) is 0.737. The van der Waals surface area contributed by atoms with E-state index in [0.717, 1.165) is 11.1 Å². The molecular formula is C22H32O4. The monoisotopic (exact) mass is 360 g/mol. The van der Waals surface area contributed by atoms with Crippen molar-refractivity contribution in [2.45, 2.75) is 52.1 Å². The van der Waals surface area contributed by atoms with Crippen LogP contribution in [0.1, 0.15) is 51.0 Å². The first-order valence-electron chi connectivity index (χ1n) is 9.10. The Kier molecular flexibility index (Phi) is 10.8. The summed E-state index contributed by atoms with van der Waals surface area (Å²) in [4.78, 5) is 0. The van der Waals surface area contributed by atoms with Crippen LogP contribution >= 0.6 is 0 Å². The minimum absolute atomic E-state index is 0.0300. The van der Waals surface area contributed by atoms with Crippen LogP contribution in [0.4, 0.5) is 0 Å². The number of aliphatic hydroxyl groups excluding tert-OH is 2. The zero-order valence-corrected chi connectivity index (χ0v) is 16.2. The average molecular weight is 360 g/mol. The lowest BCUT2D eigenvalue weighted by molar-refractivity contribution is -0.0248. The molecule has 1 unspecified atom stereocenters. The fourth-order valence-corrected chi connectivity index (χ4v) is 2.45. The van der Waals surface area contributed by atoms with Crippen molar-refractivity contribution >= 4 is 0 Å². The van der Waals surface area contributed by atoms with E-state index in [0.29, 0.717) is 0 Å². The normalized spacial score (nSPS) is 13.2. The molecular weight excluding hydrogens is 328 g/mol. The Hall–Kier alpha value is -1.72. The number of hydrogen-bond donors (Lipinski definition) is 2. The largest absolute Gasteiger partial charge is 0.393 e. The lowest BCUT2D eigenvalue weighted by Crippen LogP contribution is -2.13. The smallest absolute Gasteiger partial charge is 0.106 e. The van der Waals surface area contributed by atoms with E-state index in [-0.39, 0.29) is 37.6 Å². The van der Waals surface area contributed by atoms with Crippen LogP contribution in [-0.2, 0) is 9.47 Å². The molecule has 2 aromatic rings. The van der Waals surface area contributed by atoms with Crippen LogP contribution < -0.4 is 0 Å². The molecule has 0 aliphatic rings. The molecule has 0 heterocycles. The molecule has 0 saturated carbocycles. The molecule has 0 aliphatic carbocycles. The molecule has 0 saturated heterocycles. The lowest BCUT2D eigenvalue weighted by Gasteiger charge is -2.18. The van der Waals surface area contributed by atoms with E-state index in [1.165, 1.54) is 0 Å². The maximum atomic E-state index is 9.10. The summed E-state index contributed by atoms with van der Waals surface area (Å²) < 4.78 is 11.1. The van der Waals surface area contributed by atoms with Gasteiger partial charge in [0.05, 0.1) is 25.4 Å². The Morgan fingerprint density at radius 2 is 0.923 bits per heavy atom. The fourth-order valence-electron chi connectivity index (χ4n) is 2.45. The second-order valence-electron chi connectivity index (χ2n) is 6.53. The molecule has 2 N–H and O–H groups in total. The van der Waals surface area contributed by atoms with E-state index in [1.54, 1.807) is 0 Å². The molecule has 0 aliphatic heterocycles. The highest BCUT2D eigenvalue weighted by atomic mass is 16.5. The van der Waals surface area contributed by atoms with Crippen molar-refractivity contribution < 1.29 is 19.7 Å². The molecule has 2 aromatic carbocycles. The zero-order chi connectivity index (χ0) is 19.4. The van der Waals surface area contributed by atoms with Crippen molar-refractivity contribution in [2.75, 3.05) is 13.2 Å².